The number of nitrogens with one attached hydrogen (secondary N) is 2. The van der Waals surface area contributed by atoms with Crippen molar-refractivity contribution < 1.29 is 14.4 Å². The third-order valence-corrected chi connectivity index (χ3v) is 11.5. The molecule has 2 aliphatic carbocycles. The summed E-state index contributed by atoms with van der Waals surface area (Å²) in [6, 6.07) is 17.0. The average Bonchev–Trinajstić information content (AvgIpc) is 3.64. The third kappa shape index (κ3) is 3.70. The van der Waals surface area contributed by atoms with Crippen molar-refractivity contribution in [1.82, 2.24) is 9.88 Å². The van der Waals surface area contributed by atoms with Gasteiger partial charge >= 0.3 is 4.87 Å². The van der Waals surface area contributed by atoms with Gasteiger partial charge < -0.3 is 10.3 Å². The number of aromatic nitrogens is 1. The van der Waals surface area contributed by atoms with E-state index in [9.17, 15) is 19.2 Å². The molecular formula is C28H24ClN3O4S2. The molecule has 0 spiro atoms. The van der Waals surface area contributed by atoms with Crippen molar-refractivity contribution in [2.75, 3.05) is 11.9 Å². The molecule has 3 fully saturated rings. The maximum Gasteiger partial charge on any atom is 0.305 e. The van der Waals surface area contributed by atoms with E-state index in [1.807, 2.05) is 18.2 Å². The number of anilines is 1. The number of aromatic amines is 1. The Balaban J connectivity index is 1.13. The van der Waals surface area contributed by atoms with Crippen molar-refractivity contribution in [2.45, 2.75) is 29.0 Å². The zero-order chi connectivity index (χ0) is 26.1. The SMILES string of the molecule is O=C(CCN1C(=O)C2C3CC(C2C1=O)C1C(c2ccccc2)c2sc(=O)[nH]c2SC31)Nc1ccc(Cl)cc1. The van der Waals surface area contributed by atoms with E-state index in [4.69, 9.17) is 11.6 Å². The van der Waals surface area contributed by atoms with Gasteiger partial charge in [-0.3, -0.25) is 24.1 Å². The number of amides is 3. The fourth-order valence-electron chi connectivity index (χ4n) is 7.30. The minimum Gasteiger partial charge on any atom is -0.326 e. The topological polar surface area (TPSA) is 99.3 Å². The Kier molecular flexibility index (Phi) is 5.79. The summed E-state index contributed by atoms with van der Waals surface area (Å²) in [7, 11) is 0. The number of hydrogen-bond acceptors (Lipinski definition) is 6. The highest BCUT2D eigenvalue weighted by Gasteiger charge is 2.69. The zero-order valence-corrected chi connectivity index (χ0v) is 22.5. The first-order valence-electron chi connectivity index (χ1n) is 12.8. The van der Waals surface area contributed by atoms with Crippen LogP contribution in [0.5, 0.6) is 0 Å². The minimum absolute atomic E-state index is 0.0273. The highest BCUT2D eigenvalue weighted by molar-refractivity contribution is 8.00. The van der Waals surface area contributed by atoms with Crippen LogP contribution < -0.4 is 10.2 Å². The summed E-state index contributed by atoms with van der Waals surface area (Å²) in [5.74, 6) is -0.885. The number of carbonyl (C=O) groups is 3. The fourth-order valence-corrected chi connectivity index (χ4v) is 10.3. The molecule has 7 nitrogen and oxygen atoms in total. The molecule has 1 saturated heterocycles. The summed E-state index contributed by atoms with van der Waals surface area (Å²) in [6.07, 6.45) is 0.893. The Morgan fingerprint density at radius 3 is 2.45 bits per heavy atom. The van der Waals surface area contributed by atoms with Gasteiger partial charge in [-0.1, -0.05) is 53.3 Å². The standard InChI is InChI=1S/C28H24ClN3O4S2/c29-14-6-8-15(9-7-14)30-18(33)10-11-32-26(34)21-16-12-17(22(21)27(32)35)23-20(16)19(13-4-2-1-3-5-13)24-25(37-23)31-28(36)38-24/h1-9,16-17,19-23H,10-12H2,(H,30,33)(H,31,36). The second kappa shape index (κ2) is 9.10. The van der Waals surface area contributed by atoms with E-state index in [1.165, 1.54) is 16.2 Å². The van der Waals surface area contributed by atoms with Crippen LogP contribution >= 0.6 is 34.7 Å². The third-order valence-electron chi connectivity index (χ3n) is 8.66. The zero-order valence-electron chi connectivity index (χ0n) is 20.1. The molecule has 2 N–H and O–H groups in total. The van der Waals surface area contributed by atoms with Gasteiger partial charge in [0.25, 0.3) is 0 Å². The van der Waals surface area contributed by atoms with Crippen LogP contribution in [-0.4, -0.2) is 39.4 Å². The van der Waals surface area contributed by atoms with E-state index in [-0.39, 0.29) is 76.3 Å². The summed E-state index contributed by atoms with van der Waals surface area (Å²) in [5, 5.41) is 4.45. The Morgan fingerprint density at radius 1 is 1.00 bits per heavy atom. The van der Waals surface area contributed by atoms with Gasteiger partial charge in [0.15, 0.2) is 0 Å². The second-order valence-corrected chi connectivity index (χ2v) is 13.1. The molecule has 2 aliphatic heterocycles. The smallest absolute Gasteiger partial charge is 0.305 e. The normalized spacial score (nSPS) is 30.8. The molecule has 2 aromatic carbocycles. The van der Waals surface area contributed by atoms with Gasteiger partial charge in [0, 0.05) is 39.7 Å². The molecular weight excluding hydrogens is 542 g/mol. The van der Waals surface area contributed by atoms with Crippen molar-refractivity contribution in [3.8, 4) is 0 Å². The number of hydrogen-bond donors (Lipinski definition) is 2. The van der Waals surface area contributed by atoms with Crippen LogP contribution in [0.15, 0.2) is 64.4 Å². The molecule has 3 heterocycles. The average molecular weight is 566 g/mol. The van der Waals surface area contributed by atoms with E-state index >= 15 is 0 Å². The molecule has 38 heavy (non-hydrogen) atoms. The van der Waals surface area contributed by atoms with Crippen LogP contribution in [0.4, 0.5) is 5.69 Å². The summed E-state index contributed by atoms with van der Waals surface area (Å²) < 4.78 is 0. The molecule has 2 bridgehead atoms. The van der Waals surface area contributed by atoms with Crippen molar-refractivity contribution in [3.05, 3.63) is 79.7 Å². The van der Waals surface area contributed by atoms with Crippen LogP contribution in [0.25, 0.3) is 0 Å². The quantitative estimate of drug-likeness (QED) is 0.441. The van der Waals surface area contributed by atoms with Crippen molar-refractivity contribution in [3.63, 3.8) is 0 Å². The Morgan fingerprint density at radius 2 is 1.71 bits per heavy atom. The molecule has 4 aliphatic rings. The molecule has 10 heteroatoms. The van der Waals surface area contributed by atoms with Gasteiger partial charge in [-0.05, 0) is 54.0 Å². The summed E-state index contributed by atoms with van der Waals surface area (Å²) >= 11 is 8.85. The van der Waals surface area contributed by atoms with E-state index in [0.29, 0.717) is 10.7 Å². The van der Waals surface area contributed by atoms with E-state index in [1.54, 1.807) is 36.0 Å². The molecule has 2 saturated carbocycles. The number of imide groups is 1. The number of thioether (sulfide) groups is 1. The molecule has 0 radical (unpaired) electrons. The van der Waals surface area contributed by atoms with Gasteiger partial charge in [-0.15, -0.1) is 11.8 Å². The van der Waals surface area contributed by atoms with Crippen LogP contribution in [0.1, 0.15) is 29.2 Å². The minimum atomic E-state index is -0.350. The van der Waals surface area contributed by atoms with Crippen LogP contribution in [0.2, 0.25) is 5.02 Å². The highest BCUT2D eigenvalue weighted by atomic mass is 35.5. The largest absolute Gasteiger partial charge is 0.326 e. The van der Waals surface area contributed by atoms with Gasteiger partial charge in [-0.2, -0.15) is 0 Å². The Bertz CT molecular complexity index is 1500. The number of nitrogens with zero attached hydrogens (tertiary/aromatic N) is 1. The Hall–Kier alpha value is -2.88. The number of thiazole rings is 1. The number of carbonyl (C=O) groups excluding carboxylic acids is 3. The molecule has 3 amide bonds. The second-order valence-electron chi connectivity index (χ2n) is 10.5. The van der Waals surface area contributed by atoms with Crippen LogP contribution in [0, 0.1) is 29.6 Å². The fraction of sp³-hybridized carbons (Fsp3) is 0.357. The predicted molar refractivity (Wildman–Crippen MR) is 146 cm³/mol. The number of rotatable bonds is 5. The van der Waals surface area contributed by atoms with Crippen LogP contribution in [-0.2, 0) is 14.4 Å². The summed E-state index contributed by atoms with van der Waals surface area (Å²) in [5.41, 5.74) is 1.77. The first kappa shape index (κ1) is 24.2. The lowest BCUT2D eigenvalue weighted by Crippen LogP contribution is -2.42. The monoisotopic (exact) mass is 565 g/mol. The molecule has 7 rings (SSSR count). The first-order chi connectivity index (χ1) is 18.4. The number of H-pyrrole nitrogens is 1. The molecule has 7 atom stereocenters. The molecule has 3 aromatic rings. The Labute approximate surface area is 232 Å². The maximum absolute atomic E-state index is 13.7. The summed E-state index contributed by atoms with van der Waals surface area (Å²) in [4.78, 5) is 57.4. The predicted octanol–water partition coefficient (Wildman–Crippen LogP) is 4.59. The van der Waals surface area contributed by atoms with Gasteiger partial charge in [-0.25, -0.2) is 0 Å². The van der Waals surface area contributed by atoms with E-state index < -0.39 is 0 Å². The number of fused-ring (bicyclic) bond motifs is 9. The number of halogens is 1. The molecule has 194 valence electrons. The van der Waals surface area contributed by atoms with Gasteiger partial charge in [0.2, 0.25) is 17.7 Å². The van der Waals surface area contributed by atoms with E-state index in [0.717, 1.165) is 21.9 Å². The first-order valence-corrected chi connectivity index (χ1v) is 14.8. The number of benzene rings is 2. The summed E-state index contributed by atoms with van der Waals surface area (Å²) in [6.45, 7) is 0.0782. The lowest BCUT2D eigenvalue weighted by Gasteiger charge is -2.43. The number of likely N-dealkylation sites (tertiary alicyclic amines) is 1. The van der Waals surface area contributed by atoms with Crippen LogP contribution in [0.3, 0.4) is 0 Å². The maximum atomic E-state index is 13.7. The van der Waals surface area contributed by atoms with Crippen molar-refractivity contribution in [2.24, 2.45) is 29.6 Å². The molecule has 7 unspecified atom stereocenters. The lowest BCUT2D eigenvalue weighted by atomic mass is 9.68. The van der Waals surface area contributed by atoms with E-state index in [2.05, 4.69) is 22.4 Å². The highest BCUT2D eigenvalue weighted by Crippen LogP contribution is 2.68. The van der Waals surface area contributed by atoms with Crippen molar-refractivity contribution in [1.29, 1.82) is 0 Å². The van der Waals surface area contributed by atoms with Gasteiger partial charge in [0.1, 0.15) is 0 Å². The lowest BCUT2D eigenvalue weighted by molar-refractivity contribution is -0.141. The van der Waals surface area contributed by atoms with Crippen molar-refractivity contribution >= 4 is 58.1 Å². The molecule has 1 aromatic heterocycles. The van der Waals surface area contributed by atoms with Gasteiger partial charge in [0.05, 0.1) is 16.9 Å².